The van der Waals surface area contributed by atoms with Crippen LogP contribution in [-0.4, -0.2) is 33.1 Å². The van der Waals surface area contributed by atoms with E-state index in [4.69, 9.17) is 18.9 Å². The molecule has 0 saturated carbocycles. The van der Waals surface area contributed by atoms with Gasteiger partial charge in [-0.2, -0.15) is 0 Å². The highest BCUT2D eigenvalue weighted by Gasteiger charge is 2.50. The molecule has 0 radical (unpaired) electrons. The molecule has 2 bridgehead atoms. The highest BCUT2D eigenvalue weighted by Crippen LogP contribution is 2.50. The Labute approximate surface area is 171 Å². The maximum Gasteiger partial charge on any atom is 0.325 e. The van der Waals surface area contributed by atoms with Gasteiger partial charge in [-0.3, -0.25) is 4.90 Å². The van der Waals surface area contributed by atoms with Gasteiger partial charge in [0, 0.05) is 22.5 Å². The van der Waals surface area contributed by atoms with E-state index in [-0.39, 0.29) is 12.1 Å². The molecule has 0 aromatic heterocycles. The van der Waals surface area contributed by atoms with Crippen LogP contribution < -0.4 is 29.2 Å². The molecular weight excluding hydrogens is 428 g/mol. The zero-order valence-corrected chi connectivity index (χ0v) is 17.6. The summed E-state index contributed by atoms with van der Waals surface area (Å²) in [6, 6.07) is 8.73. The number of urea groups is 1. The summed E-state index contributed by atoms with van der Waals surface area (Å²) in [4.78, 5) is 14.6. The van der Waals surface area contributed by atoms with E-state index in [1.165, 1.54) is 0 Å². The topological polar surface area (TPSA) is 69.3 Å². The lowest BCUT2D eigenvalue weighted by atomic mass is 9.90. The molecule has 2 aliphatic heterocycles. The number of halogens is 1. The summed E-state index contributed by atoms with van der Waals surface area (Å²) in [6.07, 6.45) is 0.583. The van der Waals surface area contributed by atoms with E-state index in [0.29, 0.717) is 35.1 Å². The molecule has 2 aromatic carbocycles. The third-order valence-corrected chi connectivity index (χ3v) is 5.61. The third-order valence-electron chi connectivity index (χ3n) is 5.15. The summed E-state index contributed by atoms with van der Waals surface area (Å²) in [5.41, 5.74) is 0.653. The van der Waals surface area contributed by atoms with E-state index in [2.05, 4.69) is 21.2 Å². The number of anilines is 1. The first-order chi connectivity index (χ1) is 13.4. The second-order valence-corrected chi connectivity index (χ2v) is 7.80. The van der Waals surface area contributed by atoms with Crippen LogP contribution in [0.1, 0.15) is 24.9 Å². The fraction of sp³-hybridized carbons (Fsp3) is 0.350. The van der Waals surface area contributed by atoms with Crippen LogP contribution >= 0.6 is 15.9 Å². The molecule has 4 rings (SSSR count). The Hall–Kier alpha value is -2.61. The van der Waals surface area contributed by atoms with Crippen LogP contribution in [0.4, 0.5) is 10.5 Å². The lowest BCUT2D eigenvalue weighted by Crippen LogP contribution is -2.65. The first-order valence-corrected chi connectivity index (χ1v) is 9.58. The zero-order valence-electron chi connectivity index (χ0n) is 16.0. The van der Waals surface area contributed by atoms with E-state index >= 15 is 0 Å². The summed E-state index contributed by atoms with van der Waals surface area (Å²) >= 11 is 3.49. The maximum atomic E-state index is 13.0. The third kappa shape index (κ3) is 2.83. The van der Waals surface area contributed by atoms with Crippen LogP contribution in [0.3, 0.4) is 0 Å². The van der Waals surface area contributed by atoms with Crippen LogP contribution in [0.15, 0.2) is 34.8 Å². The smallest absolute Gasteiger partial charge is 0.325 e. The number of carbonyl (C=O) groups is 1. The van der Waals surface area contributed by atoms with Crippen molar-refractivity contribution < 1.29 is 23.7 Å². The van der Waals surface area contributed by atoms with E-state index in [9.17, 15) is 4.79 Å². The number of hydrogen-bond donors (Lipinski definition) is 1. The Morgan fingerprint density at radius 2 is 1.82 bits per heavy atom. The molecular formula is C20H21BrN2O5. The molecule has 2 aromatic rings. The van der Waals surface area contributed by atoms with Crippen molar-refractivity contribution in [3.05, 3.63) is 40.4 Å². The molecule has 0 spiro atoms. The first-order valence-electron chi connectivity index (χ1n) is 8.79. The highest BCUT2D eigenvalue weighted by atomic mass is 79.9. The minimum Gasteiger partial charge on any atom is -0.493 e. The summed E-state index contributed by atoms with van der Waals surface area (Å²) in [5, 5.41) is 3.08. The molecule has 2 atom stereocenters. The molecule has 0 aliphatic carbocycles. The fourth-order valence-electron chi connectivity index (χ4n) is 3.91. The van der Waals surface area contributed by atoms with Crippen LogP contribution in [0.2, 0.25) is 0 Å². The van der Waals surface area contributed by atoms with E-state index in [1.54, 1.807) is 38.4 Å². The summed E-state index contributed by atoms with van der Waals surface area (Å²) in [7, 11) is 4.73. The molecule has 0 unspecified atom stereocenters. The summed E-state index contributed by atoms with van der Waals surface area (Å²) in [6.45, 7) is 1.90. The number of rotatable bonds is 4. The van der Waals surface area contributed by atoms with Gasteiger partial charge in [0.05, 0.1) is 33.1 Å². The first kappa shape index (κ1) is 18.7. The van der Waals surface area contributed by atoms with Crippen molar-refractivity contribution >= 4 is 27.6 Å². The molecule has 2 heterocycles. The number of carbonyl (C=O) groups excluding carboxylic acids is 1. The van der Waals surface area contributed by atoms with Crippen molar-refractivity contribution in [1.82, 2.24) is 5.32 Å². The number of amides is 2. The average Bonchev–Trinajstić information content (AvgIpc) is 2.67. The van der Waals surface area contributed by atoms with Gasteiger partial charge in [-0.05, 0) is 31.2 Å². The second kappa shape index (κ2) is 6.77. The van der Waals surface area contributed by atoms with E-state index in [1.807, 2.05) is 25.1 Å². The Kier molecular flexibility index (Phi) is 4.53. The van der Waals surface area contributed by atoms with Gasteiger partial charge in [0.1, 0.15) is 0 Å². The summed E-state index contributed by atoms with van der Waals surface area (Å²) in [5.74, 6) is 2.38. The fourth-order valence-corrected chi connectivity index (χ4v) is 4.36. The standard InChI is InChI=1S/C20H21BrN2O5/c1-20-10-14(13-7-11(21)8-17(27-4)18(13)28-20)22-19(24)23(20)12-5-6-15(25-2)16(9-12)26-3/h5-9,14H,10H2,1-4H3,(H,22,24)/t14-,20-/m1/s1. The van der Waals surface area contributed by atoms with Crippen LogP contribution in [0.25, 0.3) is 0 Å². The lowest BCUT2D eigenvalue weighted by Gasteiger charge is -2.50. The van der Waals surface area contributed by atoms with Gasteiger partial charge in [-0.1, -0.05) is 15.9 Å². The largest absolute Gasteiger partial charge is 0.493 e. The Balaban J connectivity index is 1.81. The minimum atomic E-state index is -0.888. The number of nitrogens with zero attached hydrogens (tertiary/aromatic N) is 1. The number of hydrogen-bond acceptors (Lipinski definition) is 5. The predicted molar refractivity (Wildman–Crippen MR) is 108 cm³/mol. The number of fused-ring (bicyclic) bond motifs is 4. The minimum absolute atomic E-state index is 0.177. The Bertz CT molecular complexity index is 950. The van der Waals surface area contributed by atoms with Gasteiger partial charge in [0.15, 0.2) is 28.7 Å². The molecule has 2 aliphatic rings. The van der Waals surface area contributed by atoms with Gasteiger partial charge in [-0.15, -0.1) is 0 Å². The predicted octanol–water partition coefficient (Wildman–Crippen LogP) is 4.24. The van der Waals surface area contributed by atoms with Gasteiger partial charge in [-0.25, -0.2) is 4.79 Å². The van der Waals surface area contributed by atoms with Crippen LogP contribution in [-0.2, 0) is 0 Å². The zero-order chi connectivity index (χ0) is 20.1. The highest BCUT2D eigenvalue weighted by molar-refractivity contribution is 9.10. The van der Waals surface area contributed by atoms with Crippen molar-refractivity contribution in [3.63, 3.8) is 0 Å². The Morgan fingerprint density at radius 1 is 1.11 bits per heavy atom. The average molecular weight is 449 g/mol. The molecule has 1 saturated heterocycles. The van der Waals surface area contributed by atoms with E-state index < -0.39 is 5.72 Å². The molecule has 28 heavy (non-hydrogen) atoms. The monoisotopic (exact) mass is 448 g/mol. The van der Waals surface area contributed by atoms with Gasteiger partial charge in [0.25, 0.3) is 0 Å². The molecule has 7 nitrogen and oxygen atoms in total. The maximum absolute atomic E-state index is 13.0. The van der Waals surface area contributed by atoms with Crippen LogP contribution in [0.5, 0.6) is 23.0 Å². The van der Waals surface area contributed by atoms with Crippen molar-refractivity contribution in [2.24, 2.45) is 0 Å². The number of methoxy groups -OCH3 is 3. The SMILES string of the molecule is COc1ccc(N2C(=O)N[C@@H]3C[C@@]2(C)Oc2c(OC)cc(Br)cc23)cc1OC. The molecule has 1 fully saturated rings. The quantitative estimate of drug-likeness (QED) is 0.756. The van der Waals surface area contributed by atoms with Crippen LogP contribution in [0, 0.1) is 0 Å². The summed E-state index contributed by atoms with van der Waals surface area (Å²) < 4.78 is 23.5. The van der Waals surface area contributed by atoms with Gasteiger partial charge in [0.2, 0.25) is 0 Å². The van der Waals surface area contributed by atoms with Crippen molar-refractivity contribution in [2.45, 2.75) is 25.1 Å². The molecule has 8 heteroatoms. The number of ether oxygens (including phenoxy) is 4. The van der Waals surface area contributed by atoms with Gasteiger partial charge < -0.3 is 24.3 Å². The second-order valence-electron chi connectivity index (χ2n) is 6.88. The van der Waals surface area contributed by atoms with Crippen molar-refractivity contribution in [2.75, 3.05) is 26.2 Å². The van der Waals surface area contributed by atoms with Crippen molar-refractivity contribution in [3.8, 4) is 23.0 Å². The Morgan fingerprint density at radius 3 is 2.50 bits per heavy atom. The number of benzene rings is 2. The van der Waals surface area contributed by atoms with Gasteiger partial charge >= 0.3 is 6.03 Å². The number of nitrogens with one attached hydrogen (secondary N) is 1. The van der Waals surface area contributed by atoms with Crippen molar-refractivity contribution in [1.29, 1.82) is 0 Å². The molecule has 2 amide bonds. The molecule has 148 valence electrons. The molecule has 1 N–H and O–H groups in total. The lowest BCUT2D eigenvalue weighted by molar-refractivity contribution is 0.0349. The normalized spacial score (nSPS) is 22.7. The van der Waals surface area contributed by atoms with E-state index in [0.717, 1.165) is 10.0 Å².